The van der Waals surface area contributed by atoms with E-state index in [1.54, 1.807) is 0 Å². The van der Waals surface area contributed by atoms with Gasteiger partial charge in [-0.25, -0.2) is 0 Å². The lowest BCUT2D eigenvalue weighted by Crippen LogP contribution is -2.43. The van der Waals surface area contributed by atoms with Gasteiger partial charge < -0.3 is 10.6 Å². The predicted molar refractivity (Wildman–Crippen MR) is 76.5 cm³/mol. The van der Waals surface area contributed by atoms with Crippen molar-refractivity contribution in [2.45, 2.75) is 71.9 Å². The van der Waals surface area contributed by atoms with E-state index < -0.39 is 0 Å². The third-order valence-electron chi connectivity index (χ3n) is 4.63. The Kier molecular flexibility index (Phi) is 6.69. The van der Waals surface area contributed by atoms with Crippen molar-refractivity contribution >= 4 is 5.91 Å². The first-order valence-electron chi connectivity index (χ1n) is 7.65. The minimum atomic E-state index is 0.149. The summed E-state index contributed by atoms with van der Waals surface area (Å²) in [6.45, 7) is 9.29. The second kappa shape index (κ2) is 7.78. The largest absolute Gasteiger partial charge is 0.352 e. The molecule has 0 saturated heterocycles. The van der Waals surface area contributed by atoms with Crippen LogP contribution in [0.2, 0.25) is 0 Å². The van der Waals surface area contributed by atoms with Crippen LogP contribution < -0.4 is 10.6 Å². The Hall–Kier alpha value is -0.570. The highest BCUT2D eigenvalue weighted by atomic mass is 16.1. The van der Waals surface area contributed by atoms with E-state index in [-0.39, 0.29) is 5.91 Å². The van der Waals surface area contributed by atoms with Crippen LogP contribution in [-0.2, 0) is 4.79 Å². The van der Waals surface area contributed by atoms with Crippen LogP contribution in [-0.4, -0.2) is 24.5 Å². The van der Waals surface area contributed by atoms with Gasteiger partial charge in [-0.3, -0.25) is 4.79 Å². The fourth-order valence-electron chi connectivity index (χ4n) is 3.11. The van der Waals surface area contributed by atoms with Gasteiger partial charge in [0.25, 0.3) is 0 Å². The normalized spacial score (nSPS) is 27.7. The van der Waals surface area contributed by atoms with Crippen LogP contribution in [0.15, 0.2) is 0 Å². The monoisotopic (exact) mass is 254 g/mol. The maximum atomic E-state index is 11.8. The first kappa shape index (κ1) is 15.5. The number of amides is 1. The topological polar surface area (TPSA) is 41.1 Å². The van der Waals surface area contributed by atoms with Crippen LogP contribution in [0.1, 0.15) is 59.8 Å². The Labute approximate surface area is 112 Å². The zero-order chi connectivity index (χ0) is 13.5. The van der Waals surface area contributed by atoms with Gasteiger partial charge in [-0.2, -0.15) is 0 Å². The third kappa shape index (κ3) is 4.27. The summed E-state index contributed by atoms with van der Waals surface area (Å²) in [4.78, 5) is 11.8. The lowest BCUT2D eigenvalue weighted by atomic mass is 9.93. The number of hydrogen-bond donors (Lipinski definition) is 2. The second-order valence-electron chi connectivity index (χ2n) is 5.67. The molecule has 3 heteroatoms. The van der Waals surface area contributed by atoms with Crippen LogP contribution in [0.4, 0.5) is 0 Å². The van der Waals surface area contributed by atoms with E-state index in [0.717, 1.165) is 18.8 Å². The first-order valence-corrected chi connectivity index (χ1v) is 7.65. The maximum absolute atomic E-state index is 11.8. The molecule has 0 aromatic rings. The summed E-state index contributed by atoms with van der Waals surface area (Å²) in [5, 5.41) is 6.52. The molecule has 1 rings (SSSR count). The standard InChI is InChI=1S/C15H30N2O/c1-5-12-8-9-14(11(12)4)16-10-15(18)17-13(6-2)7-3/h11-14,16H,5-10H2,1-4H3,(H,17,18). The summed E-state index contributed by atoms with van der Waals surface area (Å²) in [6.07, 6.45) is 5.82. The highest BCUT2D eigenvalue weighted by Crippen LogP contribution is 2.33. The van der Waals surface area contributed by atoms with E-state index in [1.807, 2.05) is 0 Å². The molecule has 18 heavy (non-hydrogen) atoms. The summed E-state index contributed by atoms with van der Waals surface area (Å²) in [7, 11) is 0. The second-order valence-corrected chi connectivity index (χ2v) is 5.67. The zero-order valence-electron chi connectivity index (χ0n) is 12.5. The van der Waals surface area contributed by atoms with E-state index in [4.69, 9.17) is 0 Å². The Morgan fingerprint density at radius 1 is 1.22 bits per heavy atom. The molecule has 0 aliphatic heterocycles. The summed E-state index contributed by atoms with van der Waals surface area (Å²) in [5.41, 5.74) is 0. The molecule has 1 aliphatic rings. The molecule has 0 heterocycles. The summed E-state index contributed by atoms with van der Waals surface area (Å²) >= 11 is 0. The van der Waals surface area contributed by atoms with E-state index in [1.165, 1.54) is 19.3 Å². The quantitative estimate of drug-likeness (QED) is 0.733. The molecule has 3 unspecified atom stereocenters. The van der Waals surface area contributed by atoms with Crippen molar-refractivity contribution in [2.24, 2.45) is 11.8 Å². The SMILES string of the molecule is CCC(CC)NC(=O)CNC1CCC(CC)C1C. The lowest BCUT2D eigenvalue weighted by Gasteiger charge is -2.21. The van der Waals surface area contributed by atoms with Gasteiger partial charge >= 0.3 is 0 Å². The minimum Gasteiger partial charge on any atom is -0.352 e. The molecule has 0 spiro atoms. The van der Waals surface area contributed by atoms with Crippen LogP contribution >= 0.6 is 0 Å². The molecule has 1 fully saturated rings. The van der Waals surface area contributed by atoms with Crippen molar-refractivity contribution < 1.29 is 4.79 Å². The molecule has 2 N–H and O–H groups in total. The van der Waals surface area contributed by atoms with Crippen molar-refractivity contribution in [1.29, 1.82) is 0 Å². The van der Waals surface area contributed by atoms with Gasteiger partial charge in [0.2, 0.25) is 5.91 Å². The van der Waals surface area contributed by atoms with Gasteiger partial charge in [0.15, 0.2) is 0 Å². The molecular weight excluding hydrogens is 224 g/mol. The predicted octanol–water partition coefficient (Wildman–Crippen LogP) is 2.71. The highest BCUT2D eigenvalue weighted by molar-refractivity contribution is 5.78. The van der Waals surface area contributed by atoms with Crippen molar-refractivity contribution in [2.75, 3.05) is 6.54 Å². The Bertz CT molecular complexity index is 251. The summed E-state index contributed by atoms with van der Waals surface area (Å²) in [5.74, 6) is 1.69. The van der Waals surface area contributed by atoms with Gasteiger partial charge in [0, 0.05) is 12.1 Å². The van der Waals surface area contributed by atoms with E-state index in [2.05, 4.69) is 38.3 Å². The average molecular weight is 254 g/mol. The smallest absolute Gasteiger partial charge is 0.234 e. The molecule has 0 aromatic heterocycles. The van der Waals surface area contributed by atoms with Gasteiger partial charge in [-0.05, 0) is 37.5 Å². The molecule has 1 saturated carbocycles. The Morgan fingerprint density at radius 3 is 2.39 bits per heavy atom. The number of rotatable bonds is 7. The Morgan fingerprint density at radius 2 is 1.89 bits per heavy atom. The minimum absolute atomic E-state index is 0.149. The Balaban J connectivity index is 2.26. The van der Waals surface area contributed by atoms with Crippen molar-refractivity contribution in [3.63, 3.8) is 0 Å². The third-order valence-corrected chi connectivity index (χ3v) is 4.63. The van der Waals surface area contributed by atoms with Crippen molar-refractivity contribution in [3.05, 3.63) is 0 Å². The van der Waals surface area contributed by atoms with Gasteiger partial charge in [-0.15, -0.1) is 0 Å². The fraction of sp³-hybridized carbons (Fsp3) is 0.933. The molecule has 0 radical (unpaired) electrons. The molecule has 3 atom stereocenters. The highest BCUT2D eigenvalue weighted by Gasteiger charge is 2.31. The van der Waals surface area contributed by atoms with Crippen LogP contribution in [0.25, 0.3) is 0 Å². The van der Waals surface area contributed by atoms with Crippen LogP contribution in [0, 0.1) is 11.8 Å². The number of hydrogen-bond acceptors (Lipinski definition) is 2. The van der Waals surface area contributed by atoms with E-state index in [9.17, 15) is 4.79 Å². The van der Waals surface area contributed by atoms with E-state index >= 15 is 0 Å². The molecular formula is C15H30N2O. The number of carbonyl (C=O) groups is 1. The van der Waals surface area contributed by atoms with Crippen LogP contribution in [0.3, 0.4) is 0 Å². The van der Waals surface area contributed by atoms with Crippen molar-refractivity contribution in [3.8, 4) is 0 Å². The number of carbonyl (C=O) groups excluding carboxylic acids is 1. The van der Waals surface area contributed by atoms with E-state index in [0.29, 0.717) is 24.5 Å². The van der Waals surface area contributed by atoms with Crippen molar-refractivity contribution in [1.82, 2.24) is 10.6 Å². The summed E-state index contributed by atoms with van der Waals surface area (Å²) < 4.78 is 0. The summed E-state index contributed by atoms with van der Waals surface area (Å²) in [6, 6.07) is 0.867. The molecule has 1 aliphatic carbocycles. The molecule has 0 bridgehead atoms. The maximum Gasteiger partial charge on any atom is 0.234 e. The molecule has 106 valence electrons. The van der Waals surface area contributed by atoms with Gasteiger partial charge in [0.05, 0.1) is 6.54 Å². The number of nitrogens with one attached hydrogen (secondary N) is 2. The first-order chi connectivity index (χ1) is 8.62. The van der Waals surface area contributed by atoms with Crippen LogP contribution in [0.5, 0.6) is 0 Å². The van der Waals surface area contributed by atoms with Gasteiger partial charge in [0.1, 0.15) is 0 Å². The molecule has 0 aromatic carbocycles. The molecule has 3 nitrogen and oxygen atoms in total. The average Bonchev–Trinajstić information content (AvgIpc) is 2.74. The lowest BCUT2D eigenvalue weighted by molar-refractivity contribution is -0.121. The molecule has 1 amide bonds. The fourth-order valence-corrected chi connectivity index (χ4v) is 3.11. The van der Waals surface area contributed by atoms with Gasteiger partial charge in [-0.1, -0.05) is 34.1 Å². The zero-order valence-corrected chi connectivity index (χ0v) is 12.5.